The maximum atomic E-state index is 11.5. The highest BCUT2D eigenvalue weighted by Gasteiger charge is 2.22. The molecule has 200 valence electrons. The number of hydrogen-bond donors (Lipinski definition) is 2. The molecule has 7 heteroatoms. The molecule has 1 heterocycles. The monoisotopic (exact) mass is 517 g/mol. The molecule has 2 N–H and O–H groups in total. The van der Waals surface area contributed by atoms with Gasteiger partial charge in [-0.3, -0.25) is 4.90 Å². The Morgan fingerprint density at radius 1 is 1.03 bits per heavy atom. The molecule has 0 aliphatic carbocycles. The number of aromatic hydroxyl groups is 1. The van der Waals surface area contributed by atoms with Crippen molar-refractivity contribution in [2.24, 2.45) is 0 Å². The second kappa shape index (κ2) is 13.1. The first-order valence-electron chi connectivity index (χ1n) is 13.0. The number of para-hydroxylation sites is 2. The van der Waals surface area contributed by atoms with E-state index in [0.717, 1.165) is 28.5 Å². The third-order valence-electron chi connectivity index (χ3n) is 6.58. The molecule has 0 radical (unpaired) electrons. The van der Waals surface area contributed by atoms with E-state index in [1.165, 1.54) is 0 Å². The number of ether oxygens (including phenoxy) is 2. The second-order valence-electron chi connectivity index (χ2n) is 9.37. The van der Waals surface area contributed by atoms with Crippen molar-refractivity contribution in [3.8, 4) is 11.5 Å². The van der Waals surface area contributed by atoms with Gasteiger partial charge in [-0.1, -0.05) is 48.5 Å². The zero-order chi connectivity index (χ0) is 26.9. The van der Waals surface area contributed by atoms with Crippen LogP contribution >= 0.6 is 0 Å². The number of phenols is 1. The number of benzene rings is 3. The van der Waals surface area contributed by atoms with E-state index >= 15 is 0 Å². The Bertz CT molecular complexity index is 1280. The van der Waals surface area contributed by atoms with Gasteiger partial charge in [0.15, 0.2) is 6.61 Å². The Morgan fingerprint density at radius 2 is 1.76 bits per heavy atom. The molecule has 7 nitrogen and oxygen atoms in total. The van der Waals surface area contributed by atoms with E-state index in [1.807, 2.05) is 72.8 Å². The van der Waals surface area contributed by atoms with Gasteiger partial charge in [0.2, 0.25) is 0 Å². The van der Waals surface area contributed by atoms with E-state index < -0.39 is 12.1 Å². The van der Waals surface area contributed by atoms with Crippen molar-refractivity contribution < 1.29 is 28.9 Å². The number of nitrogens with zero attached hydrogens (tertiary/aromatic N) is 1. The molecule has 4 rings (SSSR count). The average molecular weight is 518 g/mol. The van der Waals surface area contributed by atoms with E-state index in [0.29, 0.717) is 37.6 Å². The molecule has 3 aromatic carbocycles. The SMILES string of the molecule is CCOC(=O)COc1ccc(C[C@@H](C)N(CCc2ccccc2O)C[C@@H](O)c2cc3ccccc3o2)cc1. The smallest absolute Gasteiger partial charge is 0.344 e. The Kier molecular flexibility index (Phi) is 9.40. The molecular weight excluding hydrogens is 482 g/mol. The Balaban J connectivity index is 1.43. The van der Waals surface area contributed by atoms with Crippen LogP contribution in [0.1, 0.15) is 36.8 Å². The van der Waals surface area contributed by atoms with Crippen LogP contribution in [0.15, 0.2) is 83.3 Å². The summed E-state index contributed by atoms with van der Waals surface area (Å²) in [6, 6.07) is 24.7. The first kappa shape index (κ1) is 27.2. The highest BCUT2D eigenvalue weighted by atomic mass is 16.6. The summed E-state index contributed by atoms with van der Waals surface area (Å²) in [4.78, 5) is 13.8. The quantitative estimate of drug-likeness (QED) is 0.233. The number of carbonyl (C=O) groups excluding carboxylic acids is 1. The summed E-state index contributed by atoms with van der Waals surface area (Å²) in [5.41, 5.74) is 2.72. The van der Waals surface area contributed by atoms with Crippen LogP contribution in [-0.2, 0) is 22.4 Å². The zero-order valence-corrected chi connectivity index (χ0v) is 21.9. The minimum atomic E-state index is -0.798. The number of fused-ring (bicyclic) bond motifs is 1. The fourth-order valence-corrected chi connectivity index (χ4v) is 4.49. The third kappa shape index (κ3) is 7.37. The van der Waals surface area contributed by atoms with Crippen LogP contribution in [0, 0.1) is 0 Å². The standard InChI is InChI=1S/C31H35NO6/c1-3-36-31(35)21-37-26-14-12-23(13-15-26)18-22(2)32(17-16-24-8-4-6-10-27(24)33)20-28(34)30-19-25-9-5-7-11-29(25)38-30/h4-15,19,22,28,33-34H,3,16-18,20-21H2,1-2H3/t22-,28-/m1/s1. The summed E-state index contributed by atoms with van der Waals surface area (Å²) in [5.74, 6) is 1.02. The number of furan rings is 1. The summed E-state index contributed by atoms with van der Waals surface area (Å²) >= 11 is 0. The molecule has 0 spiro atoms. The third-order valence-corrected chi connectivity index (χ3v) is 6.58. The van der Waals surface area contributed by atoms with E-state index in [9.17, 15) is 15.0 Å². The first-order valence-corrected chi connectivity index (χ1v) is 13.0. The van der Waals surface area contributed by atoms with Gasteiger partial charge >= 0.3 is 5.97 Å². The van der Waals surface area contributed by atoms with E-state index in [-0.39, 0.29) is 18.4 Å². The Morgan fingerprint density at radius 3 is 2.50 bits per heavy atom. The van der Waals surface area contributed by atoms with Gasteiger partial charge in [0, 0.05) is 24.5 Å². The number of phenolic OH excluding ortho intramolecular Hbond substituents is 1. The fraction of sp³-hybridized carbons (Fsp3) is 0.323. The molecular formula is C31H35NO6. The number of aliphatic hydroxyl groups excluding tert-OH is 1. The summed E-state index contributed by atoms with van der Waals surface area (Å²) in [5, 5.41) is 22.3. The van der Waals surface area contributed by atoms with Crippen LogP contribution in [0.3, 0.4) is 0 Å². The van der Waals surface area contributed by atoms with Gasteiger partial charge in [0.05, 0.1) is 6.61 Å². The molecule has 0 unspecified atom stereocenters. The minimum absolute atomic E-state index is 0.0891. The molecule has 0 bridgehead atoms. The lowest BCUT2D eigenvalue weighted by atomic mass is 10.0. The number of aliphatic hydroxyl groups is 1. The van der Waals surface area contributed by atoms with E-state index in [4.69, 9.17) is 13.9 Å². The predicted molar refractivity (Wildman–Crippen MR) is 146 cm³/mol. The van der Waals surface area contributed by atoms with Crippen molar-refractivity contribution in [1.82, 2.24) is 4.90 Å². The molecule has 38 heavy (non-hydrogen) atoms. The largest absolute Gasteiger partial charge is 0.508 e. The molecule has 0 saturated heterocycles. The number of carbonyl (C=O) groups is 1. The van der Waals surface area contributed by atoms with Crippen LogP contribution in [0.25, 0.3) is 11.0 Å². The van der Waals surface area contributed by atoms with Crippen LogP contribution < -0.4 is 4.74 Å². The van der Waals surface area contributed by atoms with E-state index in [2.05, 4.69) is 11.8 Å². The molecule has 0 aliphatic rings. The first-order chi connectivity index (χ1) is 18.4. The highest BCUT2D eigenvalue weighted by Crippen LogP contribution is 2.26. The lowest BCUT2D eigenvalue weighted by molar-refractivity contribution is -0.145. The maximum absolute atomic E-state index is 11.5. The van der Waals surface area contributed by atoms with Crippen LogP contribution in [0.4, 0.5) is 0 Å². The number of rotatable bonds is 13. The fourth-order valence-electron chi connectivity index (χ4n) is 4.49. The minimum Gasteiger partial charge on any atom is -0.508 e. The van der Waals surface area contributed by atoms with Crippen molar-refractivity contribution in [3.05, 3.63) is 95.7 Å². The van der Waals surface area contributed by atoms with Gasteiger partial charge in [-0.05, 0) is 68.1 Å². The number of hydrogen-bond acceptors (Lipinski definition) is 7. The maximum Gasteiger partial charge on any atom is 0.344 e. The zero-order valence-electron chi connectivity index (χ0n) is 21.9. The van der Waals surface area contributed by atoms with Gasteiger partial charge in [-0.15, -0.1) is 0 Å². The summed E-state index contributed by atoms with van der Waals surface area (Å²) in [6.45, 7) is 5.12. The Hall–Kier alpha value is -3.81. The van der Waals surface area contributed by atoms with E-state index in [1.54, 1.807) is 13.0 Å². The molecule has 0 saturated carbocycles. The topological polar surface area (TPSA) is 92.4 Å². The van der Waals surface area contributed by atoms with Crippen molar-refractivity contribution in [2.45, 2.75) is 38.8 Å². The van der Waals surface area contributed by atoms with Crippen molar-refractivity contribution in [2.75, 3.05) is 26.3 Å². The van der Waals surface area contributed by atoms with Gasteiger partial charge in [0.25, 0.3) is 0 Å². The van der Waals surface area contributed by atoms with Gasteiger partial charge in [0.1, 0.15) is 28.9 Å². The molecule has 0 amide bonds. The molecule has 2 atom stereocenters. The molecule has 4 aromatic rings. The second-order valence-corrected chi connectivity index (χ2v) is 9.37. The van der Waals surface area contributed by atoms with Gasteiger partial charge < -0.3 is 24.1 Å². The van der Waals surface area contributed by atoms with Gasteiger partial charge in [-0.2, -0.15) is 0 Å². The summed E-state index contributed by atoms with van der Waals surface area (Å²) < 4.78 is 16.3. The van der Waals surface area contributed by atoms with Gasteiger partial charge in [-0.25, -0.2) is 4.79 Å². The molecule has 0 fully saturated rings. The Labute approximate surface area is 223 Å². The van der Waals surface area contributed by atoms with Crippen LogP contribution in [0.2, 0.25) is 0 Å². The lowest BCUT2D eigenvalue weighted by Gasteiger charge is -2.31. The normalized spacial score (nSPS) is 12.9. The summed E-state index contributed by atoms with van der Waals surface area (Å²) in [7, 11) is 0. The highest BCUT2D eigenvalue weighted by molar-refractivity contribution is 5.77. The molecule has 0 aliphatic heterocycles. The van der Waals surface area contributed by atoms with Crippen molar-refractivity contribution >= 4 is 16.9 Å². The lowest BCUT2D eigenvalue weighted by Crippen LogP contribution is -2.39. The van der Waals surface area contributed by atoms with Crippen LogP contribution in [0.5, 0.6) is 11.5 Å². The predicted octanol–water partition coefficient (Wildman–Crippen LogP) is 5.29. The summed E-state index contributed by atoms with van der Waals surface area (Å²) in [6.07, 6.45) is 0.587. The van der Waals surface area contributed by atoms with Crippen LogP contribution in [-0.4, -0.2) is 53.4 Å². The molecule has 1 aromatic heterocycles. The number of esters is 1. The average Bonchev–Trinajstić information content (AvgIpc) is 3.36. The van der Waals surface area contributed by atoms with Crippen molar-refractivity contribution in [1.29, 1.82) is 0 Å². The van der Waals surface area contributed by atoms with Crippen molar-refractivity contribution in [3.63, 3.8) is 0 Å².